The van der Waals surface area contributed by atoms with Crippen molar-refractivity contribution >= 4 is 5.95 Å². The Balaban J connectivity index is 2.07. The summed E-state index contributed by atoms with van der Waals surface area (Å²) in [7, 11) is 0. The van der Waals surface area contributed by atoms with Gasteiger partial charge in [-0.1, -0.05) is 30.3 Å². The SMILES string of the molecule is CC(Nc1ncc[nH]1)c1ccccc1. The van der Waals surface area contributed by atoms with E-state index in [0.29, 0.717) is 0 Å². The van der Waals surface area contributed by atoms with Gasteiger partial charge in [-0.3, -0.25) is 0 Å². The Kier molecular flexibility index (Phi) is 2.49. The summed E-state index contributed by atoms with van der Waals surface area (Å²) in [5.41, 5.74) is 1.25. The van der Waals surface area contributed by atoms with Gasteiger partial charge in [-0.25, -0.2) is 4.98 Å². The van der Waals surface area contributed by atoms with Gasteiger partial charge in [0.2, 0.25) is 5.95 Å². The third-order valence-corrected chi connectivity index (χ3v) is 2.15. The molecule has 2 N–H and O–H groups in total. The lowest BCUT2D eigenvalue weighted by molar-refractivity contribution is 0.867. The lowest BCUT2D eigenvalue weighted by atomic mass is 10.1. The van der Waals surface area contributed by atoms with Crippen molar-refractivity contribution < 1.29 is 0 Å². The molecule has 2 aromatic rings. The van der Waals surface area contributed by atoms with E-state index in [-0.39, 0.29) is 6.04 Å². The predicted octanol–water partition coefficient (Wildman–Crippen LogP) is 2.58. The Morgan fingerprint density at radius 1 is 1.29 bits per heavy atom. The number of H-pyrrole nitrogens is 1. The van der Waals surface area contributed by atoms with Crippen molar-refractivity contribution in [2.24, 2.45) is 0 Å². The molecule has 3 nitrogen and oxygen atoms in total. The molecule has 0 fully saturated rings. The monoisotopic (exact) mass is 187 g/mol. The highest BCUT2D eigenvalue weighted by atomic mass is 15.1. The van der Waals surface area contributed by atoms with Crippen LogP contribution in [-0.4, -0.2) is 9.97 Å². The molecule has 1 aromatic carbocycles. The molecule has 0 aliphatic heterocycles. The van der Waals surface area contributed by atoms with Gasteiger partial charge in [0.15, 0.2) is 0 Å². The van der Waals surface area contributed by atoms with Gasteiger partial charge in [-0.05, 0) is 12.5 Å². The summed E-state index contributed by atoms with van der Waals surface area (Å²) >= 11 is 0. The van der Waals surface area contributed by atoms with Crippen LogP contribution < -0.4 is 5.32 Å². The summed E-state index contributed by atoms with van der Waals surface area (Å²) in [6, 6.07) is 10.6. The van der Waals surface area contributed by atoms with Gasteiger partial charge in [0.1, 0.15) is 0 Å². The normalized spacial score (nSPS) is 12.4. The minimum atomic E-state index is 0.266. The van der Waals surface area contributed by atoms with Crippen molar-refractivity contribution in [1.82, 2.24) is 9.97 Å². The Bertz CT molecular complexity index is 367. The van der Waals surface area contributed by atoms with Crippen LogP contribution in [0.4, 0.5) is 5.95 Å². The average molecular weight is 187 g/mol. The van der Waals surface area contributed by atoms with Crippen molar-refractivity contribution in [3.63, 3.8) is 0 Å². The van der Waals surface area contributed by atoms with Crippen LogP contribution in [0.25, 0.3) is 0 Å². The summed E-state index contributed by atoms with van der Waals surface area (Å²) in [5.74, 6) is 0.807. The van der Waals surface area contributed by atoms with Crippen LogP contribution in [0.15, 0.2) is 42.7 Å². The van der Waals surface area contributed by atoms with Crippen molar-refractivity contribution in [1.29, 1.82) is 0 Å². The van der Waals surface area contributed by atoms with Gasteiger partial charge in [-0.15, -0.1) is 0 Å². The Morgan fingerprint density at radius 2 is 2.07 bits per heavy atom. The summed E-state index contributed by atoms with van der Waals surface area (Å²) in [6.07, 6.45) is 3.54. The summed E-state index contributed by atoms with van der Waals surface area (Å²) in [4.78, 5) is 7.13. The number of aromatic nitrogens is 2. The predicted molar refractivity (Wildman–Crippen MR) is 57.1 cm³/mol. The van der Waals surface area contributed by atoms with Crippen molar-refractivity contribution in [3.8, 4) is 0 Å². The first-order valence-electron chi connectivity index (χ1n) is 4.67. The third-order valence-electron chi connectivity index (χ3n) is 2.15. The maximum Gasteiger partial charge on any atom is 0.200 e. The van der Waals surface area contributed by atoms with Crippen molar-refractivity contribution in [2.75, 3.05) is 5.32 Å². The van der Waals surface area contributed by atoms with E-state index in [1.54, 1.807) is 12.4 Å². The van der Waals surface area contributed by atoms with Crippen LogP contribution in [0, 0.1) is 0 Å². The summed E-state index contributed by atoms with van der Waals surface area (Å²) in [6.45, 7) is 2.11. The quantitative estimate of drug-likeness (QED) is 0.775. The number of rotatable bonds is 3. The maximum absolute atomic E-state index is 4.12. The zero-order chi connectivity index (χ0) is 9.80. The highest BCUT2D eigenvalue weighted by Gasteiger charge is 2.04. The molecule has 14 heavy (non-hydrogen) atoms. The molecule has 0 saturated heterocycles. The zero-order valence-corrected chi connectivity index (χ0v) is 8.07. The van der Waals surface area contributed by atoms with Gasteiger partial charge >= 0.3 is 0 Å². The van der Waals surface area contributed by atoms with Gasteiger partial charge in [-0.2, -0.15) is 0 Å². The van der Waals surface area contributed by atoms with E-state index in [2.05, 4.69) is 34.3 Å². The van der Waals surface area contributed by atoms with Gasteiger partial charge in [0.05, 0.1) is 6.04 Å². The molecule has 2 rings (SSSR count). The van der Waals surface area contributed by atoms with Gasteiger partial charge in [0, 0.05) is 12.4 Å². The molecule has 1 unspecified atom stereocenters. The second-order valence-electron chi connectivity index (χ2n) is 3.21. The summed E-state index contributed by atoms with van der Waals surface area (Å²) < 4.78 is 0. The average Bonchev–Trinajstić information content (AvgIpc) is 2.72. The fourth-order valence-corrected chi connectivity index (χ4v) is 1.37. The molecule has 0 spiro atoms. The fraction of sp³-hybridized carbons (Fsp3) is 0.182. The fourth-order valence-electron chi connectivity index (χ4n) is 1.37. The number of nitrogens with one attached hydrogen (secondary N) is 2. The number of benzene rings is 1. The number of nitrogens with zero attached hydrogens (tertiary/aromatic N) is 1. The number of aromatic amines is 1. The second kappa shape index (κ2) is 3.96. The molecule has 0 aliphatic carbocycles. The van der Waals surface area contributed by atoms with E-state index in [9.17, 15) is 0 Å². The van der Waals surface area contributed by atoms with E-state index >= 15 is 0 Å². The minimum absolute atomic E-state index is 0.266. The van der Waals surface area contributed by atoms with Crippen molar-refractivity contribution in [2.45, 2.75) is 13.0 Å². The van der Waals surface area contributed by atoms with E-state index in [1.165, 1.54) is 5.56 Å². The molecular weight excluding hydrogens is 174 g/mol. The number of anilines is 1. The van der Waals surface area contributed by atoms with E-state index < -0.39 is 0 Å². The molecule has 0 radical (unpaired) electrons. The molecule has 0 amide bonds. The van der Waals surface area contributed by atoms with Crippen LogP contribution in [0.2, 0.25) is 0 Å². The Hall–Kier alpha value is -1.77. The van der Waals surface area contributed by atoms with E-state index in [1.807, 2.05) is 18.2 Å². The lowest BCUT2D eigenvalue weighted by Gasteiger charge is -2.12. The maximum atomic E-state index is 4.12. The van der Waals surface area contributed by atoms with Gasteiger partial charge < -0.3 is 10.3 Å². The molecule has 1 aromatic heterocycles. The van der Waals surface area contributed by atoms with Crippen LogP contribution in [-0.2, 0) is 0 Å². The topological polar surface area (TPSA) is 40.7 Å². The van der Waals surface area contributed by atoms with Crippen LogP contribution in [0.1, 0.15) is 18.5 Å². The molecule has 1 heterocycles. The molecule has 1 atom stereocenters. The molecule has 3 heteroatoms. The molecule has 0 bridgehead atoms. The van der Waals surface area contributed by atoms with Crippen molar-refractivity contribution in [3.05, 3.63) is 48.3 Å². The highest BCUT2D eigenvalue weighted by Crippen LogP contribution is 2.15. The number of imidazole rings is 1. The molecule has 0 aliphatic rings. The first-order valence-corrected chi connectivity index (χ1v) is 4.67. The van der Waals surface area contributed by atoms with E-state index in [4.69, 9.17) is 0 Å². The van der Waals surface area contributed by atoms with Gasteiger partial charge in [0.25, 0.3) is 0 Å². The number of hydrogen-bond acceptors (Lipinski definition) is 2. The second-order valence-corrected chi connectivity index (χ2v) is 3.21. The van der Waals surface area contributed by atoms with Crippen LogP contribution in [0.3, 0.4) is 0 Å². The molecule has 0 saturated carbocycles. The van der Waals surface area contributed by atoms with Crippen LogP contribution in [0.5, 0.6) is 0 Å². The lowest BCUT2D eigenvalue weighted by Crippen LogP contribution is -2.07. The zero-order valence-electron chi connectivity index (χ0n) is 8.07. The van der Waals surface area contributed by atoms with E-state index in [0.717, 1.165) is 5.95 Å². The Morgan fingerprint density at radius 3 is 2.71 bits per heavy atom. The first kappa shape index (κ1) is 8.81. The highest BCUT2D eigenvalue weighted by molar-refractivity contribution is 5.30. The number of hydrogen-bond donors (Lipinski definition) is 2. The molecular formula is C11H13N3. The minimum Gasteiger partial charge on any atom is -0.349 e. The largest absolute Gasteiger partial charge is 0.349 e. The third kappa shape index (κ3) is 1.93. The van der Waals surface area contributed by atoms with Crippen LogP contribution >= 0.6 is 0 Å². The standard InChI is InChI=1S/C11H13N3/c1-9(10-5-3-2-4-6-10)14-11-12-7-8-13-11/h2-9H,1H3,(H2,12,13,14). The smallest absolute Gasteiger partial charge is 0.200 e. The summed E-state index contributed by atoms with van der Waals surface area (Å²) in [5, 5.41) is 3.27. The molecule has 72 valence electrons. The Labute approximate surface area is 83.2 Å². The first-order chi connectivity index (χ1) is 6.86.